The smallest absolute Gasteiger partial charge is 0.331 e. The van der Waals surface area contributed by atoms with Gasteiger partial charge >= 0.3 is 5.97 Å². The first kappa shape index (κ1) is 20.2. The Morgan fingerprint density at radius 1 is 1.07 bits per heavy atom. The molecule has 0 aliphatic carbocycles. The average Bonchev–Trinajstić information content (AvgIpc) is 3.07. The molecule has 0 aliphatic rings. The molecule has 1 aromatic heterocycles. The molecule has 0 fully saturated rings. The number of ketones is 1. The first-order valence-corrected chi connectivity index (χ1v) is 9.16. The molecule has 2 aromatic carbocycles. The van der Waals surface area contributed by atoms with Crippen LogP contribution in [-0.4, -0.2) is 37.1 Å². The van der Waals surface area contributed by atoms with Crippen LogP contribution in [0.5, 0.6) is 11.5 Å². The third kappa shape index (κ3) is 4.32. The van der Waals surface area contributed by atoms with E-state index in [-0.39, 0.29) is 5.78 Å². The number of aromatic nitrogens is 1. The van der Waals surface area contributed by atoms with Crippen molar-refractivity contribution in [2.24, 2.45) is 0 Å². The molecule has 1 unspecified atom stereocenters. The van der Waals surface area contributed by atoms with Gasteiger partial charge in [0.1, 0.15) is 11.5 Å². The summed E-state index contributed by atoms with van der Waals surface area (Å²) in [5.41, 5.74) is 2.86. The highest BCUT2D eigenvalue weighted by Gasteiger charge is 2.23. The monoisotopic (exact) mass is 393 g/mol. The third-order valence-electron chi connectivity index (χ3n) is 4.64. The summed E-state index contributed by atoms with van der Waals surface area (Å²) < 4.78 is 15.8. The van der Waals surface area contributed by atoms with E-state index >= 15 is 0 Å². The molecule has 29 heavy (non-hydrogen) atoms. The fourth-order valence-electron chi connectivity index (χ4n) is 3.18. The number of methoxy groups -OCH3 is 2. The minimum absolute atomic E-state index is 0.247. The maximum absolute atomic E-state index is 12.9. The van der Waals surface area contributed by atoms with Crippen LogP contribution in [-0.2, 0) is 9.53 Å². The van der Waals surface area contributed by atoms with Crippen LogP contribution in [0.4, 0.5) is 0 Å². The molecule has 1 atom stereocenters. The lowest BCUT2D eigenvalue weighted by Gasteiger charge is -2.11. The van der Waals surface area contributed by atoms with Gasteiger partial charge in [0.15, 0.2) is 6.10 Å². The predicted octanol–water partition coefficient (Wildman–Crippen LogP) is 4.32. The number of nitrogens with one attached hydrogen (secondary N) is 1. The molecule has 6 heteroatoms. The number of esters is 1. The fourth-order valence-corrected chi connectivity index (χ4v) is 3.18. The lowest BCUT2D eigenvalue weighted by Crippen LogP contribution is -2.24. The van der Waals surface area contributed by atoms with Gasteiger partial charge in [-0.05, 0) is 38.1 Å². The highest BCUT2D eigenvalue weighted by Crippen LogP contribution is 2.26. The number of ether oxygens (including phenoxy) is 3. The van der Waals surface area contributed by atoms with E-state index in [1.165, 1.54) is 13.2 Å². The number of Topliss-reactive ketones (excluding diaryl/α,β-unsaturated/α-hetero) is 1. The Bertz CT molecular complexity index is 1080. The van der Waals surface area contributed by atoms with Crippen LogP contribution in [0.15, 0.2) is 48.5 Å². The van der Waals surface area contributed by atoms with E-state index in [1.54, 1.807) is 38.3 Å². The molecule has 0 amide bonds. The van der Waals surface area contributed by atoms with Gasteiger partial charge < -0.3 is 19.2 Å². The number of H-pyrrole nitrogens is 1. The van der Waals surface area contributed by atoms with Crippen LogP contribution in [0, 0.1) is 6.92 Å². The number of fused-ring (bicyclic) bond motifs is 1. The van der Waals surface area contributed by atoms with Gasteiger partial charge in [-0.2, -0.15) is 0 Å². The molecular weight excluding hydrogens is 370 g/mol. The molecule has 6 nitrogen and oxygen atoms in total. The zero-order chi connectivity index (χ0) is 21.0. The van der Waals surface area contributed by atoms with Crippen LogP contribution in [0.3, 0.4) is 0 Å². The maximum atomic E-state index is 12.9. The Morgan fingerprint density at radius 2 is 1.83 bits per heavy atom. The Kier molecular flexibility index (Phi) is 6.02. The molecule has 0 radical (unpaired) electrons. The van der Waals surface area contributed by atoms with Gasteiger partial charge in [-0.25, -0.2) is 4.79 Å². The van der Waals surface area contributed by atoms with Crippen molar-refractivity contribution in [1.82, 2.24) is 4.98 Å². The summed E-state index contributed by atoms with van der Waals surface area (Å²) in [6, 6.07) is 12.8. The first-order chi connectivity index (χ1) is 13.9. The van der Waals surface area contributed by atoms with Gasteiger partial charge in [0.2, 0.25) is 5.78 Å². The molecule has 1 heterocycles. The largest absolute Gasteiger partial charge is 0.497 e. The summed E-state index contributed by atoms with van der Waals surface area (Å²) in [5, 5.41) is 0.816. The topological polar surface area (TPSA) is 77.6 Å². The van der Waals surface area contributed by atoms with E-state index in [2.05, 4.69) is 4.98 Å². The van der Waals surface area contributed by atoms with Gasteiger partial charge in [0.25, 0.3) is 0 Å². The number of carbonyl (C=O) groups excluding carboxylic acids is 2. The van der Waals surface area contributed by atoms with Crippen LogP contribution in [0.1, 0.15) is 28.5 Å². The molecule has 3 aromatic rings. The summed E-state index contributed by atoms with van der Waals surface area (Å²) in [6.45, 7) is 3.40. The molecular formula is C23H23NO5. The Hall–Kier alpha value is -3.54. The summed E-state index contributed by atoms with van der Waals surface area (Å²) in [6.07, 6.45) is 1.94. The number of carbonyl (C=O) groups is 2. The molecule has 1 N–H and O–H groups in total. The molecule has 3 rings (SSSR count). The van der Waals surface area contributed by atoms with Crippen molar-refractivity contribution in [2.45, 2.75) is 20.0 Å². The highest BCUT2D eigenvalue weighted by atomic mass is 16.5. The normalized spacial score (nSPS) is 12.1. The Balaban J connectivity index is 1.73. The van der Waals surface area contributed by atoms with Crippen molar-refractivity contribution in [3.05, 3.63) is 65.4 Å². The molecule has 0 saturated carbocycles. The van der Waals surface area contributed by atoms with E-state index in [0.29, 0.717) is 22.6 Å². The molecule has 0 aliphatic heterocycles. The number of rotatable bonds is 7. The van der Waals surface area contributed by atoms with Gasteiger partial charge in [0.05, 0.1) is 14.2 Å². The van der Waals surface area contributed by atoms with Crippen molar-refractivity contribution in [3.63, 3.8) is 0 Å². The second-order valence-corrected chi connectivity index (χ2v) is 6.56. The minimum Gasteiger partial charge on any atom is -0.497 e. The van der Waals surface area contributed by atoms with Crippen LogP contribution < -0.4 is 9.47 Å². The molecule has 150 valence electrons. The van der Waals surface area contributed by atoms with Gasteiger partial charge in [0, 0.05) is 39.9 Å². The minimum atomic E-state index is -0.914. The molecule has 0 bridgehead atoms. The lowest BCUT2D eigenvalue weighted by molar-refractivity contribution is -0.140. The summed E-state index contributed by atoms with van der Waals surface area (Å²) in [5.74, 6) is 0.354. The van der Waals surface area contributed by atoms with E-state index in [4.69, 9.17) is 14.2 Å². The standard InChI is InChI=1S/C23H23NO5/c1-14-22(18-7-5-6-8-19(18)24-14)23(26)15(2)29-21(25)12-10-16-9-11-17(27-3)13-20(16)28-4/h5-13,15,24H,1-4H3/b12-10+. The van der Waals surface area contributed by atoms with Crippen LogP contribution in [0.25, 0.3) is 17.0 Å². The van der Waals surface area contributed by atoms with E-state index in [1.807, 2.05) is 31.2 Å². The zero-order valence-electron chi connectivity index (χ0n) is 16.8. The van der Waals surface area contributed by atoms with Crippen LogP contribution in [0.2, 0.25) is 0 Å². The van der Waals surface area contributed by atoms with E-state index < -0.39 is 12.1 Å². The number of benzene rings is 2. The van der Waals surface area contributed by atoms with Gasteiger partial charge in [-0.1, -0.05) is 18.2 Å². The number of hydrogen-bond donors (Lipinski definition) is 1. The van der Waals surface area contributed by atoms with Crippen LogP contribution >= 0.6 is 0 Å². The van der Waals surface area contributed by atoms with Crippen molar-refractivity contribution < 1.29 is 23.8 Å². The second-order valence-electron chi connectivity index (χ2n) is 6.56. The van der Waals surface area contributed by atoms with Crippen molar-refractivity contribution in [2.75, 3.05) is 14.2 Å². The number of aryl methyl sites for hydroxylation is 1. The zero-order valence-corrected chi connectivity index (χ0v) is 16.8. The van der Waals surface area contributed by atoms with E-state index in [9.17, 15) is 9.59 Å². The highest BCUT2D eigenvalue weighted by molar-refractivity contribution is 6.11. The quantitative estimate of drug-likeness (QED) is 0.367. The fraction of sp³-hybridized carbons (Fsp3) is 0.217. The number of hydrogen-bond acceptors (Lipinski definition) is 5. The van der Waals surface area contributed by atoms with Crippen molar-refractivity contribution in [1.29, 1.82) is 0 Å². The Morgan fingerprint density at radius 3 is 2.55 bits per heavy atom. The summed E-state index contributed by atoms with van der Waals surface area (Å²) in [7, 11) is 3.10. The summed E-state index contributed by atoms with van der Waals surface area (Å²) >= 11 is 0. The average molecular weight is 393 g/mol. The van der Waals surface area contributed by atoms with Crippen molar-refractivity contribution >= 4 is 28.7 Å². The first-order valence-electron chi connectivity index (χ1n) is 9.16. The number of para-hydroxylation sites is 1. The Labute approximate surface area is 169 Å². The number of aromatic amines is 1. The molecule has 0 spiro atoms. The van der Waals surface area contributed by atoms with Crippen molar-refractivity contribution in [3.8, 4) is 11.5 Å². The maximum Gasteiger partial charge on any atom is 0.331 e. The third-order valence-corrected chi connectivity index (χ3v) is 4.64. The molecule has 0 saturated heterocycles. The predicted molar refractivity (Wildman–Crippen MR) is 112 cm³/mol. The summed E-state index contributed by atoms with van der Waals surface area (Å²) in [4.78, 5) is 28.3. The van der Waals surface area contributed by atoms with Gasteiger partial charge in [-0.15, -0.1) is 0 Å². The SMILES string of the molecule is COc1ccc(/C=C/C(=O)OC(C)C(=O)c2c(C)[nH]c3ccccc23)c(OC)c1. The lowest BCUT2D eigenvalue weighted by atomic mass is 10.0. The van der Waals surface area contributed by atoms with E-state index in [0.717, 1.165) is 16.6 Å². The van der Waals surface area contributed by atoms with Gasteiger partial charge in [-0.3, -0.25) is 4.79 Å². The second kappa shape index (κ2) is 8.65.